The highest BCUT2D eigenvalue weighted by atomic mass is 16.4. The van der Waals surface area contributed by atoms with E-state index >= 15 is 0 Å². The molecular formula is C20H31NO3. The van der Waals surface area contributed by atoms with Gasteiger partial charge >= 0.3 is 0 Å². The third-order valence-electron chi connectivity index (χ3n) is 5.27. The van der Waals surface area contributed by atoms with Crippen molar-refractivity contribution >= 4 is 11.7 Å². The minimum absolute atomic E-state index is 0.0816. The number of hydrogen-bond donors (Lipinski definition) is 0. The Kier molecular flexibility index (Phi) is 5.56. The first-order valence-corrected chi connectivity index (χ1v) is 9.18. The molecule has 0 aliphatic heterocycles. The molecule has 0 radical (unpaired) electrons. The number of ketones is 1. The van der Waals surface area contributed by atoms with Gasteiger partial charge in [0.05, 0.1) is 5.56 Å². The summed E-state index contributed by atoms with van der Waals surface area (Å²) in [6.45, 7) is 13.7. The molecule has 0 saturated carbocycles. The van der Waals surface area contributed by atoms with Gasteiger partial charge in [-0.1, -0.05) is 40.5 Å². The third-order valence-corrected chi connectivity index (χ3v) is 5.27. The molecule has 1 aromatic rings. The number of furan rings is 1. The van der Waals surface area contributed by atoms with Crippen molar-refractivity contribution in [2.75, 3.05) is 13.1 Å². The summed E-state index contributed by atoms with van der Waals surface area (Å²) >= 11 is 0. The van der Waals surface area contributed by atoms with Crippen molar-refractivity contribution in [3.05, 3.63) is 22.6 Å². The Labute approximate surface area is 145 Å². The maximum atomic E-state index is 13.0. The topological polar surface area (TPSA) is 50.5 Å². The van der Waals surface area contributed by atoms with Crippen LogP contribution in [-0.4, -0.2) is 29.7 Å². The van der Waals surface area contributed by atoms with Crippen LogP contribution in [0.3, 0.4) is 0 Å². The standard InChI is InChI=1S/C20H31NO3/c1-7-14(8-2)12-21(9-3)19(23)18-13(4)17-15(22)10-20(5,6)11-16(17)24-18/h14H,7-12H2,1-6H3. The van der Waals surface area contributed by atoms with E-state index < -0.39 is 0 Å². The van der Waals surface area contributed by atoms with Crippen molar-refractivity contribution in [1.82, 2.24) is 4.90 Å². The molecule has 1 aliphatic rings. The maximum absolute atomic E-state index is 13.0. The summed E-state index contributed by atoms with van der Waals surface area (Å²) in [5, 5.41) is 0. The predicted octanol–water partition coefficient (Wildman–Crippen LogP) is 4.64. The van der Waals surface area contributed by atoms with E-state index in [2.05, 4.69) is 27.7 Å². The van der Waals surface area contributed by atoms with E-state index in [1.165, 1.54) is 0 Å². The Morgan fingerprint density at radius 1 is 1.21 bits per heavy atom. The lowest BCUT2D eigenvalue weighted by Crippen LogP contribution is -2.35. The fraction of sp³-hybridized carbons (Fsp3) is 0.700. The average Bonchev–Trinajstić information content (AvgIpc) is 2.83. The zero-order valence-electron chi connectivity index (χ0n) is 16.0. The lowest BCUT2D eigenvalue weighted by molar-refractivity contribution is 0.0696. The first kappa shape index (κ1) is 18.8. The Bertz CT molecular complexity index is 623. The van der Waals surface area contributed by atoms with Crippen molar-refractivity contribution in [2.24, 2.45) is 11.3 Å². The third kappa shape index (κ3) is 3.57. The molecule has 1 aliphatic carbocycles. The van der Waals surface area contributed by atoms with E-state index in [4.69, 9.17) is 4.42 Å². The zero-order chi connectivity index (χ0) is 18.1. The Morgan fingerprint density at radius 3 is 2.38 bits per heavy atom. The number of rotatable bonds is 6. The molecule has 0 unspecified atom stereocenters. The van der Waals surface area contributed by atoms with Crippen LogP contribution in [0, 0.1) is 18.3 Å². The van der Waals surface area contributed by atoms with Crippen LogP contribution >= 0.6 is 0 Å². The molecule has 134 valence electrons. The summed E-state index contributed by atoms with van der Waals surface area (Å²) in [4.78, 5) is 27.3. The predicted molar refractivity (Wildman–Crippen MR) is 95.5 cm³/mol. The van der Waals surface area contributed by atoms with Crippen molar-refractivity contribution < 1.29 is 14.0 Å². The van der Waals surface area contributed by atoms with E-state index in [0.717, 1.165) is 24.9 Å². The molecule has 0 bridgehead atoms. The van der Waals surface area contributed by atoms with Gasteiger partial charge in [-0.15, -0.1) is 0 Å². The summed E-state index contributed by atoms with van der Waals surface area (Å²) < 4.78 is 5.92. The lowest BCUT2D eigenvalue weighted by atomic mass is 9.76. The number of fused-ring (bicyclic) bond motifs is 1. The van der Waals surface area contributed by atoms with Crippen molar-refractivity contribution in [3.63, 3.8) is 0 Å². The van der Waals surface area contributed by atoms with Gasteiger partial charge in [-0.3, -0.25) is 9.59 Å². The molecule has 0 aromatic carbocycles. The molecule has 0 saturated heterocycles. The van der Waals surface area contributed by atoms with Crippen molar-refractivity contribution in [2.45, 2.75) is 67.2 Å². The first-order chi connectivity index (χ1) is 11.2. The highest BCUT2D eigenvalue weighted by Gasteiger charge is 2.37. The van der Waals surface area contributed by atoms with Gasteiger partial charge in [-0.25, -0.2) is 0 Å². The minimum Gasteiger partial charge on any atom is -0.455 e. The van der Waals surface area contributed by atoms with Crippen LogP contribution in [0.1, 0.15) is 86.1 Å². The Hall–Kier alpha value is -1.58. The van der Waals surface area contributed by atoms with E-state index in [1.54, 1.807) is 0 Å². The number of carbonyl (C=O) groups is 2. The highest BCUT2D eigenvalue weighted by molar-refractivity contribution is 6.03. The minimum atomic E-state index is -0.103. The Balaban J connectivity index is 2.32. The molecular weight excluding hydrogens is 302 g/mol. The van der Waals surface area contributed by atoms with Crippen LogP contribution < -0.4 is 0 Å². The summed E-state index contributed by atoms with van der Waals surface area (Å²) in [5.74, 6) is 1.57. The van der Waals surface area contributed by atoms with Gasteiger partial charge in [0.25, 0.3) is 5.91 Å². The van der Waals surface area contributed by atoms with Gasteiger partial charge in [0.15, 0.2) is 11.5 Å². The van der Waals surface area contributed by atoms with Crippen LogP contribution in [0.25, 0.3) is 0 Å². The van der Waals surface area contributed by atoms with Crippen LogP contribution in [0.5, 0.6) is 0 Å². The normalized spacial score (nSPS) is 16.4. The van der Waals surface area contributed by atoms with E-state index in [0.29, 0.717) is 42.4 Å². The van der Waals surface area contributed by atoms with Crippen molar-refractivity contribution in [1.29, 1.82) is 0 Å². The van der Waals surface area contributed by atoms with Gasteiger partial charge in [0.2, 0.25) is 0 Å². The SMILES string of the molecule is CCC(CC)CN(CC)C(=O)c1oc2c(c1C)C(=O)CC(C)(C)C2. The molecule has 24 heavy (non-hydrogen) atoms. The second-order valence-corrected chi connectivity index (χ2v) is 7.82. The first-order valence-electron chi connectivity index (χ1n) is 9.18. The molecule has 1 aromatic heterocycles. The number of nitrogens with zero attached hydrogens (tertiary/aromatic N) is 1. The lowest BCUT2D eigenvalue weighted by Gasteiger charge is -2.27. The van der Waals surface area contributed by atoms with Crippen LogP contribution in [-0.2, 0) is 6.42 Å². The molecule has 0 N–H and O–H groups in total. The summed E-state index contributed by atoms with van der Waals surface area (Å²) in [6.07, 6.45) is 3.33. The molecule has 2 rings (SSSR count). The number of Topliss-reactive ketones (excluding diaryl/α,β-unsaturated/α-hetero) is 1. The number of carbonyl (C=O) groups excluding carboxylic acids is 2. The molecule has 1 amide bonds. The molecule has 0 atom stereocenters. The van der Waals surface area contributed by atoms with Gasteiger partial charge in [0.1, 0.15) is 5.76 Å². The number of hydrogen-bond acceptors (Lipinski definition) is 3. The quantitative estimate of drug-likeness (QED) is 0.762. The molecule has 1 heterocycles. The second kappa shape index (κ2) is 7.12. The van der Waals surface area contributed by atoms with E-state index in [-0.39, 0.29) is 17.1 Å². The monoisotopic (exact) mass is 333 g/mol. The summed E-state index contributed by atoms with van der Waals surface area (Å²) in [5.41, 5.74) is 1.27. The second-order valence-electron chi connectivity index (χ2n) is 7.82. The van der Waals surface area contributed by atoms with E-state index in [9.17, 15) is 9.59 Å². The maximum Gasteiger partial charge on any atom is 0.289 e. The van der Waals surface area contributed by atoms with Crippen LogP contribution in [0.2, 0.25) is 0 Å². The smallest absolute Gasteiger partial charge is 0.289 e. The fourth-order valence-corrected chi connectivity index (χ4v) is 3.64. The molecule has 4 heteroatoms. The number of amides is 1. The molecule has 4 nitrogen and oxygen atoms in total. The fourth-order valence-electron chi connectivity index (χ4n) is 3.64. The summed E-state index contributed by atoms with van der Waals surface area (Å²) in [6, 6.07) is 0. The van der Waals surface area contributed by atoms with Gasteiger partial charge < -0.3 is 9.32 Å². The molecule has 0 fully saturated rings. The largest absolute Gasteiger partial charge is 0.455 e. The van der Waals surface area contributed by atoms with E-state index in [1.807, 2.05) is 18.7 Å². The van der Waals surface area contributed by atoms with Crippen molar-refractivity contribution in [3.8, 4) is 0 Å². The van der Waals surface area contributed by atoms with Gasteiger partial charge in [-0.05, 0) is 25.2 Å². The van der Waals surface area contributed by atoms with Gasteiger partial charge in [-0.2, -0.15) is 0 Å². The van der Waals surface area contributed by atoms with Crippen LogP contribution in [0.15, 0.2) is 4.42 Å². The molecule has 0 spiro atoms. The summed E-state index contributed by atoms with van der Waals surface area (Å²) in [7, 11) is 0. The Morgan fingerprint density at radius 2 is 1.83 bits per heavy atom. The zero-order valence-corrected chi connectivity index (χ0v) is 16.0. The van der Waals surface area contributed by atoms with Crippen LogP contribution in [0.4, 0.5) is 0 Å². The average molecular weight is 333 g/mol. The van der Waals surface area contributed by atoms with Gasteiger partial charge in [0, 0.05) is 31.5 Å². The highest BCUT2D eigenvalue weighted by Crippen LogP contribution is 2.38.